The van der Waals surface area contributed by atoms with Gasteiger partial charge in [0.1, 0.15) is 5.82 Å². The first-order valence-electron chi connectivity index (χ1n) is 7.06. The van der Waals surface area contributed by atoms with Crippen LogP contribution in [0.15, 0.2) is 18.2 Å². The predicted octanol–water partition coefficient (Wildman–Crippen LogP) is 4.37. The summed E-state index contributed by atoms with van der Waals surface area (Å²) in [7, 11) is 2.03. The van der Waals surface area contributed by atoms with Crippen molar-refractivity contribution < 1.29 is 4.39 Å². The van der Waals surface area contributed by atoms with E-state index in [1.165, 1.54) is 37.7 Å². The largest absolute Gasteiger partial charge is 0.313 e. The maximum Gasteiger partial charge on any atom is 0.123 e. The second kappa shape index (κ2) is 5.40. The molecule has 1 saturated carbocycles. The van der Waals surface area contributed by atoms with Gasteiger partial charge in [-0.05, 0) is 61.9 Å². The fourth-order valence-electron chi connectivity index (χ4n) is 3.68. The lowest BCUT2D eigenvalue weighted by Crippen LogP contribution is -2.34. The Morgan fingerprint density at radius 2 is 2.00 bits per heavy atom. The molecule has 0 radical (unpaired) electrons. The highest BCUT2D eigenvalue weighted by molar-refractivity contribution is 5.31. The van der Waals surface area contributed by atoms with E-state index in [1.807, 2.05) is 20.0 Å². The first-order valence-corrected chi connectivity index (χ1v) is 7.06. The van der Waals surface area contributed by atoms with E-state index in [1.54, 1.807) is 12.1 Å². The molecule has 1 aromatic rings. The zero-order chi connectivity index (χ0) is 13.2. The Hall–Kier alpha value is -0.890. The molecule has 1 aromatic carbocycles. The maximum atomic E-state index is 13.2. The molecule has 2 heteroatoms. The minimum atomic E-state index is -0.136. The number of nitrogens with one attached hydrogen (secondary N) is 1. The molecular formula is C16H24FN. The average Bonchev–Trinajstić information content (AvgIpc) is 2.83. The third-order valence-electron chi connectivity index (χ3n) is 4.75. The van der Waals surface area contributed by atoms with Crippen molar-refractivity contribution in [3.8, 4) is 0 Å². The van der Waals surface area contributed by atoms with Crippen LogP contribution in [0.1, 0.15) is 56.2 Å². The maximum absolute atomic E-state index is 13.2. The molecule has 0 amide bonds. The van der Waals surface area contributed by atoms with Gasteiger partial charge >= 0.3 is 0 Å². The minimum Gasteiger partial charge on any atom is -0.313 e. The van der Waals surface area contributed by atoms with Crippen molar-refractivity contribution in [1.82, 2.24) is 5.32 Å². The number of halogens is 1. The van der Waals surface area contributed by atoms with E-state index in [0.29, 0.717) is 11.5 Å². The summed E-state index contributed by atoms with van der Waals surface area (Å²) < 4.78 is 13.2. The minimum absolute atomic E-state index is 0.136. The molecule has 1 aliphatic rings. The molecule has 0 spiro atoms. The fraction of sp³-hybridized carbons (Fsp3) is 0.625. The van der Waals surface area contributed by atoms with Gasteiger partial charge in [0.05, 0.1) is 0 Å². The number of benzene rings is 1. The zero-order valence-electron chi connectivity index (χ0n) is 11.7. The van der Waals surface area contributed by atoms with E-state index in [0.717, 1.165) is 5.56 Å². The third kappa shape index (κ3) is 2.31. The summed E-state index contributed by atoms with van der Waals surface area (Å²) in [5.74, 6) is -0.136. The lowest BCUT2D eigenvalue weighted by Gasteiger charge is -2.38. The highest BCUT2D eigenvalue weighted by atomic mass is 19.1. The summed E-state index contributed by atoms with van der Waals surface area (Å²) in [6, 6.07) is 5.55. The number of hydrogen-bond acceptors (Lipinski definition) is 1. The monoisotopic (exact) mass is 249 g/mol. The SMILES string of the molecule is CCC1(C(NC)c2ccc(F)cc2C)CCCC1. The molecule has 2 rings (SSSR count). The lowest BCUT2D eigenvalue weighted by molar-refractivity contribution is 0.194. The number of aryl methyl sites for hydroxylation is 1. The van der Waals surface area contributed by atoms with Gasteiger partial charge in [-0.2, -0.15) is 0 Å². The number of hydrogen-bond donors (Lipinski definition) is 1. The first-order chi connectivity index (χ1) is 8.63. The van der Waals surface area contributed by atoms with E-state index in [9.17, 15) is 4.39 Å². The second-order valence-electron chi connectivity index (χ2n) is 5.65. The van der Waals surface area contributed by atoms with Crippen LogP contribution >= 0.6 is 0 Å². The lowest BCUT2D eigenvalue weighted by atomic mass is 9.72. The predicted molar refractivity (Wildman–Crippen MR) is 74.1 cm³/mol. The molecule has 0 aliphatic heterocycles. The fourth-order valence-corrected chi connectivity index (χ4v) is 3.68. The average molecular weight is 249 g/mol. The molecule has 1 unspecified atom stereocenters. The molecule has 0 aromatic heterocycles. The summed E-state index contributed by atoms with van der Waals surface area (Å²) in [6.07, 6.45) is 6.41. The van der Waals surface area contributed by atoms with Crippen molar-refractivity contribution in [3.05, 3.63) is 35.1 Å². The summed E-state index contributed by atoms with van der Waals surface area (Å²) >= 11 is 0. The van der Waals surface area contributed by atoms with Crippen LogP contribution in [-0.4, -0.2) is 7.05 Å². The van der Waals surface area contributed by atoms with E-state index in [2.05, 4.69) is 12.2 Å². The Bertz CT molecular complexity index is 408. The smallest absolute Gasteiger partial charge is 0.123 e. The van der Waals surface area contributed by atoms with Crippen molar-refractivity contribution in [2.75, 3.05) is 7.05 Å². The van der Waals surface area contributed by atoms with Gasteiger partial charge in [-0.15, -0.1) is 0 Å². The van der Waals surface area contributed by atoms with Crippen molar-refractivity contribution in [1.29, 1.82) is 0 Å². The van der Waals surface area contributed by atoms with Crippen LogP contribution in [0.3, 0.4) is 0 Å². The van der Waals surface area contributed by atoms with Crippen LogP contribution in [0.25, 0.3) is 0 Å². The number of rotatable bonds is 4. The molecule has 18 heavy (non-hydrogen) atoms. The normalized spacial score (nSPS) is 20.0. The highest BCUT2D eigenvalue weighted by Gasteiger charge is 2.40. The third-order valence-corrected chi connectivity index (χ3v) is 4.75. The Morgan fingerprint density at radius 3 is 2.50 bits per heavy atom. The second-order valence-corrected chi connectivity index (χ2v) is 5.65. The van der Waals surface area contributed by atoms with Crippen molar-refractivity contribution in [2.45, 2.75) is 52.0 Å². The van der Waals surface area contributed by atoms with Crippen molar-refractivity contribution in [2.24, 2.45) is 5.41 Å². The summed E-state index contributed by atoms with van der Waals surface area (Å²) in [4.78, 5) is 0. The molecule has 0 bridgehead atoms. The van der Waals surface area contributed by atoms with E-state index >= 15 is 0 Å². The van der Waals surface area contributed by atoms with Gasteiger partial charge < -0.3 is 5.32 Å². The van der Waals surface area contributed by atoms with Crippen LogP contribution in [0.4, 0.5) is 4.39 Å². The van der Waals surface area contributed by atoms with Gasteiger partial charge in [0.25, 0.3) is 0 Å². The molecule has 0 heterocycles. The molecule has 100 valence electrons. The first kappa shape index (κ1) is 13.5. The molecule has 1 nitrogen and oxygen atoms in total. The molecule has 1 aliphatic carbocycles. The van der Waals surface area contributed by atoms with Crippen molar-refractivity contribution in [3.63, 3.8) is 0 Å². The van der Waals surface area contributed by atoms with Crippen LogP contribution in [0, 0.1) is 18.2 Å². The highest BCUT2D eigenvalue weighted by Crippen LogP contribution is 2.50. The van der Waals surface area contributed by atoms with E-state index in [4.69, 9.17) is 0 Å². The van der Waals surface area contributed by atoms with Gasteiger partial charge in [-0.1, -0.05) is 25.8 Å². The van der Waals surface area contributed by atoms with E-state index < -0.39 is 0 Å². The molecule has 1 atom stereocenters. The quantitative estimate of drug-likeness (QED) is 0.835. The van der Waals surface area contributed by atoms with Crippen molar-refractivity contribution >= 4 is 0 Å². The topological polar surface area (TPSA) is 12.0 Å². The summed E-state index contributed by atoms with van der Waals surface area (Å²) in [5, 5.41) is 3.49. The summed E-state index contributed by atoms with van der Waals surface area (Å²) in [5.41, 5.74) is 2.69. The van der Waals surface area contributed by atoms with Gasteiger partial charge in [0, 0.05) is 6.04 Å². The van der Waals surface area contributed by atoms with Crippen LogP contribution < -0.4 is 5.32 Å². The van der Waals surface area contributed by atoms with E-state index in [-0.39, 0.29) is 5.82 Å². The summed E-state index contributed by atoms with van der Waals surface area (Å²) in [6.45, 7) is 4.30. The van der Waals surface area contributed by atoms with Crippen LogP contribution in [-0.2, 0) is 0 Å². The van der Waals surface area contributed by atoms with Gasteiger partial charge in [0.15, 0.2) is 0 Å². The standard InChI is InChI=1S/C16H24FN/c1-4-16(9-5-6-10-16)15(18-3)14-8-7-13(17)11-12(14)2/h7-8,11,15,18H,4-6,9-10H2,1-3H3. The van der Waals surface area contributed by atoms with Crippen LogP contribution in [0.5, 0.6) is 0 Å². The van der Waals surface area contributed by atoms with Gasteiger partial charge in [0.2, 0.25) is 0 Å². The van der Waals surface area contributed by atoms with Gasteiger partial charge in [-0.3, -0.25) is 0 Å². The molecule has 0 saturated heterocycles. The van der Waals surface area contributed by atoms with Crippen LogP contribution in [0.2, 0.25) is 0 Å². The Morgan fingerprint density at radius 1 is 1.33 bits per heavy atom. The Balaban J connectivity index is 2.38. The molecular weight excluding hydrogens is 225 g/mol. The Labute approximate surface area is 110 Å². The zero-order valence-corrected chi connectivity index (χ0v) is 11.7. The molecule has 1 fully saturated rings. The van der Waals surface area contributed by atoms with Gasteiger partial charge in [-0.25, -0.2) is 4.39 Å². The molecule has 1 N–H and O–H groups in total. The Kier molecular flexibility index (Phi) is 4.06.